The summed E-state index contributed by atoms with van der Waals surface area (Å²) in [7, 11) is 0. The van der Waals surface area contributed by atoms with E-state index < -0.39 is 11.6 Å². The van der Waals surface area contributed by atoms with Crippen LogP contribution in [0.4, 0.5) is 0 Å². The van der Waals surface area contributed by atoms with Gasteiger partial charge in [-0.2, -0.15) is 0 Å². The van der Waals surface area contributed by atoms with E-state index in [0.29, 0.717) is 17.7 Å². The van der Waals surface area contributed by atoms with Gasteiger partial charge >= 0.3 is 5.97 Å². The number of benzene rings is 3. The van der Waals surface area contributed by atoms with Crippen molar-refractivity contribution in [2.75, 3.05) is 0 Å². The van der Waals surface area contributed by atoms with Crippen molar-refractivity contribution in [3.63, 3.8) is 0 Å². The standard InChI is InChI=1S/C36H44N2O4/c1-22(2)38-24(4)31(19-25-12-10-15-29(18-25)42-36(8,9)34(40)41)30-17-16-27(21-32(30)38)33(39)37-23(3)26-13-11-14-28(20-26)35(5,6)7/h10-18,20-23H,19H2,1-9H3,(H,37,39)(H,40,41)/t23-/m0/s1. The van der Waals surface area contributed by atoms with Gasteiger partial charge in [-0.3, -0.25) is 4.79 Å². The highest BCUT2D eigenvalue weighted by molar-refractivity contribution is 5.99. The lowest BCUT2D eigenvalue weighted by Crippen LogP contribution is -2.37. The zero-order valence-electron chi connectivity index (χ0n) is 26.3. The van der Waals surface area contributed by atoms with Gasteiger partial charge in [0.1, 0.15) is 5.75 Å². The molecule has 6 nitrogen and oxygen atoms in total. The van der Waals surface area contributed by atoms with E-state index >= 15 is 0 Å². The van der Waals surface area contributed by atoms with E-state index in [1.807, 2.05) is 43.3 Å². The smallest absolute Gasteiger partial charge is 0.347 e. The maximum atomic E-state index is 13.4. The van der Waals surface area contributed by atoms with Crippen LogP contribution in [0.1, 0.15) is 106 Å². The Morgan fingerprint density at radius 2 is 1.62 bits per heavy atom. The van der Waals surface area contributed by atoms with E-state index in [0.717, 1.165) is 27.7 Å². The number of aromatic nitrogens is 1. The fraction of sp³-hybridized carbons (Fsp3) is 0.389. The molecule has 0 radical (unpaired) electrons. The molecule has 1 heterocycles. The number of nitrogens with zero attached hydrogens (tertiary/aromatic N) is 1. The van der Waals surface area contributed by atoms with Gasteiger partial charge in [0, 0.05) is 28.2 Å². The third-order valence-electron chi connectivity index (χ3n) is 7.93. The predicted octanol–water partition coefficient (Wildman–Crippen LogP) is 8.15. The molecule has 222 valence electrons. The monoisotopic (exact) mass is 568 g/mol. The number of carboxylic acids is 1. The van der Waals surface area contributed by atoms with Crippen molar-refractivity contribution >= 4 is 22.8 Å². The Balaban J connectivity index is 1.63. The van der Waals surface area contributed by atoms with Crippen LogP contribution in [0.15, 0.2) is 66.7 Å². The number of carboxylic acid groups (broad SMARTS) is 1. The number of fused-ring (bicyclic) bond motifs is 1. The third kappa shape index (κ3) is 6.53. The van der Waals surface area contributed by atoms with Crippen LogP contribution in [0.2, 0.25) is 0 Å². The maximum Gasteiger partial charge on any atom is 0.347 e. The number of aliphatic carboxylic acids is 1. The predicted molar refractivity (Wildman–Crippen MR) is 170 cm³/mol. The molecule has 42 heavy (non-hydrogen) atoms. The molecule has 6 heteroatoms. The average Bonchev–Trinajstić information content (AvgIpc) is 3.18. The van der Waals surface area contributed by atoms with Gasteiger partial charge in [0.25, 0.3) is 5.91 Å². The summed E-state index contributed by atoms with van der Waals surface area (Å²) >= 11 is 0. The van der Waals surface area contributed by atoms with Gasteiger partial charge in [0.2, 0.25) is 0 Å². The second-order valence-corrected chi connectivity index (χ2v) is 13.1. The van der Waals surface area contributed by atoms with Crippen molar-refractivity contribution < 1.29 is 19.4 Å². The molecule has 2 N–H and O–H groups in total. The minimum absolute atomic E-state index is 0.0337. The Kier molecular flexibility index (Phi) is 8.58. The molecule has 0 aliphatic heterocycles. The molecule has 0 aliphatic carbocycles. The molecule has 0 spiro atoms. The van der Waals surface area contributed by atoms with Crippen molar-refractivity contribution in [1.82, 2.24) is 9.88 Å². The first-order chi connectivity index (χ1) is 19.6. The molecule has 1 amide bonds. The number of carbonyl (C=O) groups excluding carboxylic acids is 1. The highest BCUT2D eigenvalue weighted by atomic mass is 16.5. The molecule has 4 rings (SSSR count). The summed E-state index contributed by atoms with van der Waals surface area (Å²) in [6, 6.07) is 22.0. The minimum atomic E-state index is -1.33. The van der Waals surface area contributed by atoms with Crippen LogP contribution in [-0.2, 0) is 16.6 Å². The lowest BCUT2D eigenvalue weighted by atomic mass is 9.85. The molecule has 0 aliphatic rings. The van der Waals surface area contributed by atoms with Crippen LogP contribution in [0.25, 0.3) is 10.9 Å². The number of rotatable bonds is 9. The van der Waals surface area contributed by atoms with Crippen molar-refractivity contribution in [2.24, 2.45) is 0 Å². The second kappa shape index (κ2) is 11.7. The molecule has 0 saturated carbocycles. The SMILES string of the molecule is Cc1c(Cc2cccc(OC(C)(C)C(=O)O)c2)c2ccc(C(=O)N[C@@H](C)c3cccc(C(C)(C)C)c3)cc2n1C(C)C. The first-order valence-electron chi connectivity index (χ1n) is 14.6. The van der Waals surface area contributed by atoms with Crippen molar-refractivity contribution in [3.8, 4) is 5.75 Å². The van der Waals surface area contributed by atoms with Crippen LogP contribution < -0.4 is 10.1 Å². The van der Waals surface area contributed by atoms with Gasteiger partial charge in [-0.05, 0) is 99.9 Å². The fourth-order valence-electron chi connectivity index (χ4n) is 5.44. The lowest BCUT2D eigenvalue weighted by Gasteiger charge is -2.22. The topological polar surface area (TPSA) is 80.6 Å². The van der Waals surface area contributed by atoms with Gasteiger partial charge in [0.05, 0.1) is 6.04 Å². The van der Waals surface area contributed by atoms with Crippen molar-refractivity contribution in [3.05, 3.63) is 100 Å². The maximum absolute atomic E-state index is 13.4. The molecular formula is C36H44N2O4. The van der Waals surface area contributed by atoms with Gasteiger partial charge < -0.3 is 19.7 Å². The highest BCUT2D eigenvalue weighted by Crippen LogP contribution is 2.33. The van der Waals surface area contributed by atoms with Gasteiger partial charge in [0.15, 0.2) is 5.60 Å². The van der Waals surface area contributed by atoms with E-state index in [1.165, 1.54) is 11.1 Å². The molecule has 3 aromatic carbocycles. The van der Waals surface area contributed by atoms with Crippen LogP contribution in [0.3, 0.4) is 0 Å². The molecule has 0 saturated heterocycles. The summed E-state index contributed by atoms with van der Waals surface area (Å²) in [5.41, 5.74) is 6.01. The average molecular weight is 569 g/mol. The van der Waals surface area contributed by atoms with Gasteiger partial charge in [-0.25, -0.2) is 4.79 Å². The highest BCUT2D eigenvalue weighted by Gasteiger charge is 2.29. The van der Waals surface area contributed by atoms with E-state index in [9.17, 15) is 14.7 Å². The largest absolute Gasteiger partial charge is 0.478 e. The number of ether oxygens (including phenoxy) is 1. The Hall–Kier alpha value is -4.06. The van der Waals surface area contributed by atoms with Crippen molar-refractivity contribution in [2.45, 2.75) is 91.8 Å². The Morgan fingerprint density at radius 1 is 0.929 bits per heavy atom. The van der Waals surface area contributed by atoms with Gasteiger partial charge in [-0.1, -0.05) is 63.2 Å². The first-order valence-corrected chi connectivity index (χ1v) is 14.6. The fourth-order valence-corrected chi connectivity index (χ4v) is 5.44. The van der Waals surface area contributed by atoms with Crippen molar-refractivity contribution in [1.29, 1.82) is 0 Å². The zero-order valence-corrected chi connectivity index (χ0v) is 26.3. The molecular weight excluding hydrogens is 524 g/mol. The molecule has 1 atom stereocenters. The molecule has 4 aromatic rings. The molecule has 1 aromatic heterocycles. The number of hydrogen-bond donors (Lipinski definition) is 2. The van der Waals surface area contributed by atoms with E-state index in [-0.39, 0.29) is 23.4 Å². The number of hydrogen-bond acceptors (Lipinski definition) is 3. The van der Waals surface area contributed by atoms with Gasteiger partial charge in [-0.15, -0.1) is 0 Å². The number of amides is 1. The summed E-state index contributed by atoms with van der Waals surface area (Å²) in [4.78, 5) is 25.0. The lowest BCUT2D eigenvalue weighted by molar-refractivity contribution is -0.152. The Bertz CT molecular complexity index is 1620. The van der Waals surface area contributed by atoms with Crippen LogP contribution in [0, 0.1) is 6.92 Å². The number of carbonyl (C=O) groups is 2. The van der Waals surface area contributed by atoms with E-state index in [4.69, 9.17) is 4.74 Å². The minimum Gasteiger partial charge on any atom is -0.478 e. The summed E-state index contributed by atoms with van der Waals surface area (Å²) in [6.07, 6.45) is 0.652. The van der Waals surface area contributed by atoms with E-state index in [1.54, 1.807) is 19.9 Å². The second-order valence-electron chi connectivity index (χ2n) is 13.1. The summed E-state index contributed by atoms with van der Waals surface area (Å²) in [5.74, 6) is -0.602. The Labute approximate surface area is 249 Å². The molecule has 0 fully saturated rings. The molecule has 0 bridgehead atoms. The van der Waals surface area contributed by atoms with Crippen LogP contribution in [0.5, 0.6) is 5.75 Å². The quantitative estimate of drug-likeness (QED) is 0.213. The normalized spacial score (nSPS) is 12.9. The summed E-state index contributed by atoms with van der Waals surface area (Å²) in [5, 5.41) is 13.8. The Morgan fingerprint density at radius 3 is 2.26 bits per heavy atom. The number of nitrogens with one attached hydrogen (secondary N) is 1. The summed E-state index contributed by atoms with van der Waals surface area (Å²) in [6.45, 7) is 18.1. The van der Waals surface area contributed by atoms with Crippen LogP contribution in [-0.4, -0.2) is 27.2 Å². The van der Waals surface area contributed by atoms with E-state index in [2.05, 4.69) is 75.7 Å². The zero-order chi connectivity index (χ0) is 31.0. The summed E-state index contributed by atoms with van der Waals surface area (Å²) < 4.78 is 8.07. The third-order valence-corrected chi connectivity index (χ3v) is 7.93. The van der Waals surface area contributed by atoms with Crippen LogP contribution >= 0.6 is 0 Å². The first kappa shape index (κ1) is 30.9. The molecule has 0 unspecified atom stereocenters.